The van der Waals surface area contributed by atoms with E-state index in [9.17, 15) is 4.79 Å². The highest BCUT2D eigenvalue weighted by Crippen LogP contribution is 2.46. The van der Waals surface area contributed by atoms with Gasteiger partial charge in [-0.3, -0.25) is 4.79 Å². The summed E-state index contributed by atoms with van der Waals surface area (Å²) in [5.74, 6) is -0.378. The molecule has 0 amide bonds. The van der Waals surface area contributed by atoms with E-state index in [1.165, 1.54) is 6.92 Å². The molecule has 4 rings (SSSR count). The van der Waals surface area contributed by atoms with Crippen LogP contribution < -0.4 is 4.74 Å². The normalized spacial score (nSPS) is 36.4. The van der Waals surface area contributed by atoms with Crippen molar-refractivity contribution in [3.05, 3.63) is 42.0 Å². The number of methoxy groups -OCH3 is 1. The Morgan fingerprint density at radius 3 is 2.80 bits per heavy atom. The molecule has 2 heterocycles. The highest BCUT2D eigenvalue weighted by atomic mass is 16.8. The van der Waals surface area contributed by atoms with Gasteiger partial charge in [-0.05, 0) is 29.8 Å². The maximum Gasteiger partial charge on any atom is 0.303 e. The van der Waals surface area contributed by atoms with E-state index in [0.29, 0.717) is 13.0 Å². The minimum atomic E-state index is -0.872. The number of rotatable bonds is 3. The molecule has 6 heteroatoms. The lowest BCUT2D eigenvalue weighted by molar-refractivity contribution is -0.377. The lowest BCUT2D eigenvalue weighted by Crippen LogP contribution is -2.61. The summed E-state index contributed by atoms with van der Waals surface area (Å²) in [5, 5.41) is 0. The number of hydrogen-bond donors (Lipinski definition) is 0. The fourth-order valence-corrected chi connectivity index (χ4v) is 3.74. The van der Waals surface area contributed by atoms with Gasteiger partial charge in [0, 0.05) is 19.8 Å². The Balaban J connectivity index is 1.59. The first-order valence-corrected chi connectivity index (χ1v) is 8.57. The van der Waals surface area contributed by atoms with Crippen molar-refractivity contribution in [2.24, 2.45) is 0 Å². The number of ether oxygens (including phenoxy) is 5. The van der Waals surface area contributed by atoms with Crippen LogP contribution in [0.4, 0.5) is 0 Å². The summed E-state index contributed by atoms with van der Waals surface area (Å²) in [6.45, 7) is 2.02. The van der Waals surface area contributed by atoms with E-state index in [1.54, 1.807) is 7.11 Å². The largest absolute Gasteiger partial charge is 0.497 e. The minimum absolute atomic E-state index is 0.0756. The standard InChI is InChI=1S/C19H22O6/c1-12(20)23-15-7-9-19-17(11-15)24-18(16(25-19)8-10-22-19)13-3-5-14(21-2)6-4-13/h3-7,9,15-18H,8,10-11H2,1-2H3/t15-,16-,17+,18-,19-/m1/s1. The van der Waals surface area contributed by atoms with Gasteiger partial charge in [-0.1, -0.05) is 12.1 Å². The number of carbonyl (C=O) groups is 1. The number of fused-ring (bicyclic) bond motifs is 1. The second-order valence-electron chi connectivity index (χ2n) is 6.58. The van der Waals surface area contributed by atoms with Gasteiger partial charge in [0.15, 0.2) is 0 Å². The third-order valence-electron chi connectivity index (χ3n) is 4.91. The van der Waals surface area contributed by atoms with E-state index in [0.717, 1.165) is 17.7 Å². The van der Waals surface area contributed by atoms with Crippen LogP contribution in [0.25, 0.3) is 0 Å². The predicted octanol–water partition coefficient (Wildman–Crippen LogP) is 2.53. The topological polar surface area (TPSA) is 63.2 Å². The molecule has 0 radical (unpaired) electrons. The highest BCUT2D eigenvalue weighted by Gasteiger charge is 2.54. The van der Waals surface area contributed by atoms with Crippen molar-refractivity contribution in [2.75, 3.05) is 13.7 Å². The average Bonchev–Trinajstić information content (AvgIpc) is 2.62. The first kappa shape index (κ1) is 16.6. The van der Waals surface area contributed by atoms with Crippen LogP contribution >= 0.6 is 0 Å². The van der Waals surface area contributed by atoms with Gasteiger partial charge in [0.2, 0.25) is 5.79 Å². The fourth-order valence-electron chi connectivity index (χ4n) is 3.74. The molecule has 2 fully saturated rings. The molecule has 0 saturated carbocycles. The first-order chi connectivity index (χ1) is 12.1. The van der Waals surface area contributed by atoms with Crippen molar-refractivity contribution in [3.8, 4) is 5.75 Å². The number of esters is 1. The Hall–Kier alpha value is -1.89. The van der Waals surface area contributed by atoms with E-state index in [1.807, 2.05) is 36.4 Å². The molecule has 134 valence electrons. The van der Waals surface area contributed by atoms with Crippen molar-refractivity contribution in [2.45, 2.75) is 50.0 Å². The smallest absolute Gasteiger partial charge is 0.303 e. The molecule has 2 saturated heterocycles. The molecule has 1 spiro atoms. The van der Waals surface area contributed by atoms with Crippen molar-refractivity contribution in [3.63, 3.8) is 0 Å². The van der Waals surface area contributed by atoms with E-state index >= 15 is 0 Å². The quantitative estimate of drug-likeness (QED) is 0.619. The molecule has 0 N–H and O–H groups in total. The minimum Gasteiger partial charge on any atom is -0.497 e. The Kier molecular flexibility index (Phi) is 4.27. The van der Waals surface area contributed by atoms with Crippen molar-refractivity contribution >= 4 is 5.97 Å². The van der Waals surface area contributed by atoms with E-state index in [2.05, 4.69) is 0 Å². The summed E-state index contributed by atoms with van der Waals surface area (Å²) in [6.07, 6.45) is 4.04. The molecule has 1 aliphatic carbocycles. The molecule has 0 aromatic heterocycles. The molecule has 0 unspecified atom stereocenters. The van der Waals surface area contributed by atoms with Gasteiger partial charge in [0.1, 0.15) is 24.1 Å². The summed E-state index contributed by atoms with van der Waals surface area (Å²) in [6, 6.07) is 7.83. The van der Waals surface area contributed by atoms with Crippen LogP contribution in [0, 0.1) is 0 Å². The Labute approximate surface area is 146 Å². The van der Waals surface area contributed by atoms with Crippen LogP contribution in [0.1, 0.15) is 31.4 Å². The Bertz CT molecular complexity index is 669. The molecule has 2 aliphatic heterocycles. The van der Waals surface area contributed by atoms with Gasteiger partial charge in [0.25, 0.3) is 0 Å². The highest BCUT2D eigenvalue weighted by molar-refractivity contribution is 5.66. The van der Waals surface area contributed by atoms with Crippen LogP contribution in [0.2, 0.25) is 0 Å². The maximum absolute atomic E-state index is 11.3. The molecule has 1 aromatic rings. The fraction of sp³-hybridized carbons (Fsp3) is 0.526. The molecule has 1 aromatic carbocycles. The van der Waals surface area contributed by atoms with Crippen molar-refractivity contribution in [1.29, 1.82) is 0 Å². The van der Waals surface area contributed by atoms with Crippen molar-refractivity contribution < 1.29 is 28.5 Å². The second-order valence-corrected chi connectivity index (χ2v) is 6.58. The van der Waals surface area contributed by atoms with Crippen LogP contribution in [0.3, 0.4) is 0 Å². The maximum atomic E-state index is 11.3. The Morgan fingerprint density at radius 1 is 1.28 bits per heavy atom. The third kappa shape index (κ3) is 3.05. The average molecular weight is 346 g/mol. The van der Waals surface area contributed by atoms with Gasteiger partial charge in [-0.2, -0.15) is 0 Å². The zero-order chi connectivity index (χ0) is 17.4. The van der Waals surface area contributed by atoms with Gasteiger partial charge in [0.05, 0.1) is 19.8 Å². The lowest BCUT2D eigenvalue weighted by Gasteiger charge is -2.53. The molecular weight excluding hydrogens is 324 g/mol. The van der Waals surface area contributed by atoms with E-state index in [4.69, 9.17) is 23.7 Å². The summed E-state index contributed by atoms with van der Waals surface area (Å²) in [4.78, 5) is 11.3. The molecule has 6 nitrogen and oxygen atoms in total. The zero-order valence-corrected chi connectivity index (χ0v) is 14.3. The van der Waals surface area contributed by atoms with Crippen LogP contribution in [0.5, 0.6) is 5.75 Å². The van der Waals surface area contributed by atoms with E-state index in [-0.39, 0.29) is 30.4 Å². The molecular formula is C19H22O6. The predicted molar refractivity (Wildman–Crippen MR) is 88.1 cm³/mol. The zero-order valence-electron chi connectivity index (χ0n) is 14.3. The number of hydrogen-bond acceptors (Lipinski definition) is 6. The van der Waals surface area contributed by atoms with Gasteiger partial charge >= 0.3 is 5.97 Å². The summed E-state index contributed by atoms with van der Waals surface area (Å²) in [5.41, 5.74) is 1.04. The van der Waals surface area contributed by atoms with Crippen LogP contribution in [-0.2, 0) is 23.7 Å². The van der Waals surface area contributed by atoms with Gasteiger partial charge in [-0.15, -0.1) is 0 Å². The second kappa shape index (κ2) is 6.44. The number of carbonyl (C=O) groups excluding carboxylic acids is 1. The SMILES string of the molecule is COc1ccc([C@H]2O[C@H]3C[C@H](OC(C)=O)C=C[C@]34OCC[C@H]2O4)cc1. The lowest BCUT2D eigenvalue weighted by atomic mass is 9.89. The Morgan fingerprint density at radius 2 is 2.08 bits per heavy atom. The summed E-state index contributed by atoms with van der Waals surface area (Å²) in [7, 11) is 1.64. The first-order valence-electron chi connectivity index (χ1n) is 8.57. The number of benzene rings is 1. The summed E-state index contributed by atoms with van der Waals surface area (Å²) >= 11 is 0. The van der Waals surface area contributed by atoms with E-state index < -0.39 is 5.79 Å². The summed E-state index contributed by atoms with van der Waals surface area (Å²) < 4.78 is 29.1. The van der Waals surface area contributed by atoms with Gasteiger partial charge < -0.3 is 23.7 Å². The van der Waals surface area contributed by atoms with Crippen LogP contribution in [0.15, 0.2) is 36.4 Å². The molecule has 2 bridgehead atoms. The molecule has 5 atom stereocenters. The molecule has 3 aliphatic rings. The van der Waals surface area contributed by atoms with Crippen LogP contribution in [-0.4, -0.2) is 43.8 Å². The third-order valence-corrected chi connectivity index (χ3v) is 4.91. The monoisotopic (exact) mass is 346 g/mol. The molecule has 25 heavy (non-hydrogen) atoms. The van der Waals surface area contributed by atoms with Crippen molar-refractivity contribution in [1.82, 2.24) is 0 Å². The van der Waals surface area contributed by atoms with Gasteiger partial charge in [-0.25, -0.2) is 0 Å².